The zero-order valence-corrected chi connectivity index (χ0v) is 14.7. The normalized spacial score (nSPS) is 12.3. The molecule has 0 aliphatic carbocycles. The van der Waals surface area contributed by atoms with Crippen molar-refractivity contribution >= 4 is 44.5 Å². The van der Waals surface area contributed by atoms with Gasteiger partial charge in [-0.1, -0.05) is 25.3 Å². The van der Waals surface area contributed by atoms with Gasteiger partial charge in [-0.05, 0) is 69.8 Å². The van der Waals surface area contributed by atoms with Crippen molar-refractivity contribution in [1.82, 2.24) is 0 Å². The maximum atomic E-state index is 11.8. The number of carbonyl (C=O) groups is 2. The van der Waals surface area contributed by atoms with Gasteiger partial charge in [0.2, 0.25) is 0 Å². The van der Waals surface area contributed by atoms with Gasteiger partial charge < -0.3 is 0 Å². The molecule has 0 saturated heterocycles. The van der Waals surface area contributed by atoms with Crippen LogP contribution >= 0.6 is 23.5 Å². The summed E-state index contributed by atoms with van der Waals surface area (Å²) in [6, 6.07) is 12.0. The molecule has 0 saturated carbocycles. The third-order valence-electron chi connectivity index (χ3n) is 3.13. The number of hydrogen-bond donors (Lipinski definition) is 0. The second-order valence-electron chi connectivity index (χ2n) is 5.25. The molecule has 0 fully saturated rings. The number of benzene rings is 2. The van der Waals surface area contributed by atoms with Crippen LogP contribution in [0.25, 0.3) is 10.8 Å². The van der Waals surface area contributed by atoms with Crippen LogP contribution in [0.2, 0.25) is 0 Å². The van der Waals surface area contributed by atoms with Crippen molar-refractivity contribution in [3.8, 4) is 0 Å². The lowest BCUT2D eigenvalue weighted by Gasteiger charge is -2.08. The van der Waals surface area contributed by atoms with Gasteiger partial charge in [-0.2, -0.15) is 23.5 Å². The van der Waals surface area contributed by atoms with Gasteiger partial charge in [-0.25, -0.2) is 0 Å². The summed E-state index contributed by atoms with van der Waals surface area (Å²) >= 11 is 0.187. The molecular formula is C18H20O2S2. The Balaban J connectivity index is 2.30. The van der Waals surface area contributed by atoms with Crippen LogP contribution in [0.15, 0.2) is 70.5 Å². The van der Waals surface area contributed by atoms with Crippen molar-refractivity contribution in [2.75, 3.05) is 0 Å². The highest BCUT2D eigenvalue weighted by Gasteiger charge is 2.05. The van der Waals surface area contributed by atoms with Crippen LogP contribution in [0.5, 0.6) is 0 Å². The average Bonchev–Trinajstić information content (AvgIpc) is 2.46. The van der Waals surface area contributed by atoms with Gasteiger partial charge >= 0.3 is 0 Å². The van der Waals surface area contributed by atoms with E-state index in [0.717, 1.165) is 20.6 Å². The summed E-state index contributed by atoms with van der Waals surface area (Å²) in [5.41, 5.74) is 1.17. The SMILES string of the molecule is C=C(C)C(=O)[SH2]c1ccc2ccc([SH2]C(=O)C(=C)C)cc2c1. The molecule has 0 spiro atoms. The van der Waals surface area contributed by atoms with Gasteiger partial charge in [0.05, 0.1) is 0 Å². The van der Waals surface area contributed by atoms with Crippen LogP contribution in [-0.2, 0) is 9.59 Å². The van der Waals surface area contributed by atoms with Crippen molar-refractivity contribution < 1.29 is 9.59 Å². The Morgan fingerprint density at radius 2 is 1.18 bits per heavy atom. The molecule has 0 heterocycles. The van der Waals surface area contributed by atoms with E-state index < -0.39 is 0 Å². The van der Waals surface area contributed by atoms with E-state index in [0.29, 0.717) is 11.1 Å². The first kappa shape index (κ1) is 16.6. The molecule has 0 aliphatic rings. The molecule has 0 amide bonds. The molecule has 116 valence electrons. The summed E-state index contributed by atoms with van der Waals surface area (Å²) in [6.07, 6.45) is 0. The van der Waals surface area contributed by atoms with E-state index in [1.165, 1.54) is 0 Å². The third-order valence-corrected chi connectivity index (χ3v) is 5.64. The zero-order valence-electron chi connectivity index (χ0n) is 12.7. The van der Waals surface area contributed by atoms with Crippen LogP contribution < -0.4 is 0 Å². The van der Waals surface area contributed by atoms with Gasteiger partial charge in [0, 0.05) is 0 Å². The van der Waals surface area contributed by atoms with Crippen LogP contribution in [-0.4, -0.2) is 10.2 Å². The van der Waals surface area contributed by atoms with Crippen molar-refractivity contribution in [2.45, 2.75) is 23.6 Å². The molecule has 0 radical (unpaired) electrons. The van der Waals surface area contributed by atoms with Crippen molar-refractivity contribution in [1.29, 1.82) is 0 Å². The van der Waals surface area contributed by atoms with E-state index in [-0.39, 0.29) is 33.8 Å². The molecule has 2 aromatic rings. The van der Waals surface area contributed by atoms with Crippen molar-refractivity contribution in [3.05, 3.63) is 60.7 Å². The van der Waals surface area contributed by atoms with E-state index >= 15 is 0 Å². The Kier molecular flexibility index (Phi) is 5.27. The molecule has 0 unspecified atom stereocenters. The minimum absolute atomic E-state index is 0.0786. The first-order chi connectivity index (χ1) is 10.4. The summed E-state index contributed by atoms with van der Waals surface area (Å²) in [5, 5.41) is 2.32. The monoisotopic (exact) mass is 332 g/mol. The lowest BCUT2D eigenvalue weighted by Crippen LogP contribution is -1.92. The topological polar surface area (TPSA) is 34.1 Å². The maximum Gasteiger partial charge on any atom is 0.196 e. The number of rotatable bonds is 4. The van der Waals surface area contributed by atoms with E-state index in [2.05, 4.69) is 13.2 Å². The molecule has 0 N–H and O–H groups in total. The minimum atomic E-state index is 0.0786. The first-order valence-electron chi connectivity index (χ1n) is 6.84. The Labute approximate surface area is 138 Å². The average molecular weight is 332 g/mol. The molecule has 2 nitrogen and oxygen atoms in total. The minimum Gasteiger partial charge on any atom is -0.284 e. The molecule has 2 aromatic carbocycles. The standard InChI is InChI=1S/C18H20O2S2/c1-11(2)17(19)21-15-7-5-13-6-8-16(10-14(13)9-15)22-18(20)12(3)4/h5-10H,1,3,21-22H2,2,4H3. The number of hydrogen-bond acceptors (Lipinski definition) is 2. The predicted molar refractivity (Wildman–Crippen MR) is 101 cm³/mol. The molecule has 22 heavy (non-hydrogen) atoms. The first-order valence-corrected chi connectivity index (χ1v) is 8.84. The number of fused-ring (bicyclic) bond motifs is 1. The predicted octanol–water partition coefficient (Wildman–Crippen LogP) is 4.16. The van der Waals surface area contributed by atoms with Gasteiger partial charge in [0.25, 0.3) is 0 Å². The van der Waals surface area contributed by atoms with Gasteiger partial charge in [-0.15, -0.1) is 0 Å². The van der Waals surface area contributed by atoms with E-state index in [4.69, 9.17) is 0 Å². The van der Waals surface area contributed by atoms with Crippen LogP contribution in [0.1, 0.15) is 13.8 Å². The van der Waals surface area contributed by atoms with Gasteiger partial charge in [0.1, 0.15) is 0 Å². The summed E-state index contributed by atoms with van der Waals surface area (Å²) in [7, 11) is 0. The largest absolute Gasteiger partial charge is 0.284 e. The van der Waals surface area contributed by atoms with Crippen molar-refractivity contribution in [2.24, 2.45) is 0 Å². The molecule has 2 rings (SSSR count). The summed E-state index contributed by atoms with van der Waals surface area (Å²) in [4.78, 5) is 25.6. The van der Waals surface area contributed by atoms with Gasteiger partial charge in [0.15, 0.2) is 10.2 Å². The Morgan fingerprint density at radius 3 is 1.55 bits per heavy atom. The van der Waals surface area contributed by atoms with E-state index in [1.807, 2.05) is 36.4 Å². The highest BCUT2D eigenvalue weighted by atomic mass is 32.2. The molecule has 0 atom stereocenters. The second kappa shape index (κ2) is 6.99. The third kappa shape index (κ3) is 4.12. The smallest absolute Gasteiger partial charge is 0.196 e. The fourth-order valence-electron chi connectivity index (χ4n) is 1.88. The quantitative estimate of drug-likeness (QED) is 0.788. The zero-order chi connectivity index (χ0) is 16.3. The summed E-state index contributed by atoms with van der Waals surface area (Å²) < 4.78 is 0. The molecular weight excluding hydrogens is 312 g/mol. The Morgan fingerprint density at radius 1 is 0.773 bits per heavy atom. The molecule has 0 bridgehead atoms. The van der Waals surface area contributed by atoms with Crippen LogP contribution in [0.4, 0.5) is 0 Å². The lowest BCUT2D eigenvalue weighted by molar-refractivity contribution is -0.108. The highest BCUT2D eigenvalue weighted by molar-refractivity contribution is 8.14. The molecule has 0 aliphatic heterocycles. The second-order valence-corrected chi connectivity index (χ2v) is 7.81. The molecule has 4 heteroatoms. The Hall–Kier alpha value is -1.78. The summed E-state index contributed by atoms with van der Waals surface area (Å²) in [5.74, 6) is 0. The van der Waals surface area contributed by atoms with E-state index in [9.17, 15) is 9.59 Å². The fourth-order valence-corrected chi connectivity index (χ4v) is 3.62. The van der Waals surface area contributed by atoms with Crippen LogP contribution in [0.3, 0.4) is 0 Å². The van der Waals surface area contributed by atoms with Gasteiger partial charge in [-0.3, -0.25) is 9.59 Å². The number of carbonyl (C=O) groups excluding carboxylic acids is 2. The van der Waals surface area contributed by atoms with Crippen LogP contribution in [0, 0.1) is 0 Å². The Bertz CT molecular complexity index is 728. The molecule has 0 aromatic heterocycles. The lowest BCUT2D eigenvalue weighted by atomic mass is 10.1. The maximum absolute atomic E-state index is 11.8. The summed E-state index contributed by atoms with van der Waals surface area (Å²) in [6.45, 7) is 10.8. The van der Waals surface area contributed by atoms with E-state index in [1.54, 1.807) is 13.8 Å². The van der Waals surface area contributed by atoms with Crippen molar-refractivity contribution in [3.63, 3.8) is 0 Å². The fraction of sp³-hybridized carbons (Fsp3) is 0.111. The highest BCUT2D eigenvalue weighted by Crippen LogP contribution is 2.29.